The van der Waals surface area contributed by atoms with Gasteiger partial charge in [0.15, 0.2) is 0 Å². The second-order valence-electron chi connectivity index (χ2n) is 7.10. The van der Waals surface area contributed by atoms with Crippen molar-refractivity contribution in [3.8, 4) is 0 Å². The van der Waals surface area contributed by atoms with Gasteiger partial charge in [-0.3, -0.25) is 4.79 Å². The molecule has 1 atom stereocenters. The molecule has 0 aliphatic carbocycles. The summed E-state index contributed by atoms with van der Waals surface area (Å²) in [5, 5.41) is 5.90. The molecule has 1 fully saturated rings. The SMILES string of the molecule is CC(C)CC(C)(C)CNC(=O)NC1CCC(=O)N(C)C1. The predicted octanol–water partition coefficient (Wildman–Crippen LogP) is 1.98. The van der Waals surface area contributed by atoms with Crippen LogP contribution < -0.4 is 10.6 Å². The van der Waals surface area contributed by atoms with Crippen LogP contribution in [0.2, 0.25) is 0 Å². The predicted molar refractivity (Wildman–Crippen MR) is 80.4 cm³/mol. The van der Waals surface area contributed by atoms with Crippen LogP contribution in [0.5, 0.6) is 0 Å². The van der Waals surface area contributed by atoms with Gasteiger partial charge in [-0.25, -0.2) is 4.79 Å². The summed E-state index contributed by atoms with van der Waals surface area (Å²) >= 11 is 0. The van der Waals surface area contributed by atoms with Crippen molar-refractivity contribution in [1.29, 1.82) is 0 Å². The van der Waals surface area contributed by atoms with Gasteiger partial charge in [0.2, 0.25) is 5.91 Å². The van der Waals surface area contributed by atoms with Gasteiger partial charge in [0, 0.05) is 32.6 Å². The highest BCUT2D eigenvalue weighted by Crippen LogP contribution is 2.23. The van der Waals surface area contributed by atoms with Crippen LogP contribution in [0.4, 0.5) is 4.79 Å². The quantitative estimate of drug-likeness (QED) is 0.810. The van der Waals surface area contributed by atoms with E-state index in [1.807, 2.05) is 0 Å². The minimum Gasteiger partial charge on any atom is -0.344 e. The van der Waals surface area contributed by atoms with Crippen molar-refractivity contribution >= 4 is 11.9 Å². The third kappa shape index (κ3) is 5.80. The molecule has 2 N–H and O–H groups in total. The maximum atomic E-state index is 11.9. The fourth-order valence-electron chi connectivity index (χ4n) is 2.86. The molecule has 1 rings (SSSR count). The maximum absolute atomic E-state index is 11.9. The number of amides is 3. The molecule has 0 bridgehead atoms. The number of carbonyl (C=O) groups is 2. The molecule has 0 aromatic rings. The largest absolute Gasteiger partial charge is 0.344 e. The molecule has 116 valence electrons. The summed E-state index contributed by atoms with van der Waals surface area (Å²) < 4.78 is 0. The van der Waals surface area contributed by atoms with Crippen molar-refractivity contribution in [2.45, 2.75) is 53.0 Å². The molecule has 3 amide bonds. The Morgan fingerprint density at radius 2 is 2.10 bits per heavy atom. The van der Waals surface area contributed by atoms with Crippen LogP contribution in [-0.2, 0) is 4.79 Å². The second kappa shape index (κ2) is 6.95. The zero-order chi connectivity index (χ0) is 15.3. The van der Waals surface area contributed by atoms with E-state index in [2.05, 4.69) is 38.3 Å². The highest BCUT2D eigenvalue weighted by Gasteiger charge is 2.25. The summed E-state index contributed by atoms with van der Waals surface area (Å²) in [7, 11) is 1.78. The molecule has 1 aliphatic heterocycles. The monoisotopic (exact) mass is 283 g/mol. The van der Waals surface area contributed by atoms with Crippen LogP contribution in [0.25, 0.3) is 0 Å². The number of nitrogens with one attached hydrogen (secondary N) is 2. The fourth-order valence-corrected chi connectivity index (χ4v) is 2.86. The molecule has 5 heteroatoms. The standard InChI is InChI=1S/C15H29N3O2/c1-11(2)8-15(3,4)10-16-14(20)17-12-6-7-13(19)18(5)9-12/h11-12H,6-10H2,1-5H3,(H2,16,17,20). The average molecular weight is 283 g/mol. The first-order valence-electron chi connectivity index (χ1n) is 7.48. The molecule has 5 nitrogen and oxygen atoms in total. The Labute approximate surface area is 122 Å². The third-order valence-electron chi connectivity index (χ3n) is 3.65. The summed E-state index contributed by atoms with van der Waals surface area (Å²) in [6.45, 7) is 9.98. The Morgan fingerprint density at radius 1 is 1.45 bits per heavy atom. The normalized spacial score (nSPS) is 20.2. The van der Waals surface area contributed by atoms with E-state index in [4.69, 9.17) is 0 Å². The Balaban J connectivity index is 2.32. The molecule has 1 heterocycles. The Bertz CT molecular complexity index is 353. The van der Waals surface area contributed by atoms with Gasteiger partial charge in [0.05, 0.1) is 0 Å². The number of hydrogen-bond donors (Lipinski definition) is 2. The summed E-state index contributed by atoms with van der Waals surface area (Å²) in [4.78, 5) is 25.0. The van der Waals surface area contributed by atoms with Gasteiger partial charge in [-0.05, 0) is 24.2 Å². The molecule has 0 aromatic carbocycles. The number of likely N-dealkylation sites (tertiary alicyclic amines) is 1. The minimum absolute atomic E-state index is 0.0610. The third-order valence-corrected chi connectivity index (χ3v) is 3.65. The summed E-state index contributed by atoms with van der Waals surface area (Å²) in [5.41, 5.74) is 0.102. The van der Waals surface area contributed by atoms with Crippen LogP contribution in [-0.4, -0.2) is 43.0 Å². The van der Waals surface area contributed by atoms with E-state index in [9.17, 15) is 9.59 Å². The number of urea groups is 1. The molecule has 0 saturated carbocycles. The first-order valence-corrected chi connectivity index (χ1v) is 7.48. The lowest BCUT2D eigenvalue weighted by Crippen LogP contribution is -2.52. The summed E-state index contributed by atoms with van der Waals surface area (Å²) in [6, 6.07) is -0.0690. The maximum Gasteiger partial charge on any atom is 0.315 e. The molecule has 1 unspecified atom stereocenters. The number of hydrogen-bond acceptors (Lipinski definition) is 2. The molecule has 0 aromatic heterocycles. The molecule has 0 radical (unpaired) electrons. The fraction of sp³-hybridized carbons (Fsp3) is 0.867. The highest BCUT2D eigenvalue weighted by atomic mass is 16.2. The molecular weight excluding hydrogens is 254 g/mol. The van der Waals surface area contributed by atoms with Crippen LogP contribution in [0.15, 0.2) is 0 Å². The molecule has 1 aliphatic rings. The topological polar surface area (TPSA) is 61.4 Å². The van der Waals surface area contributed by atoms with Gasteiger partial charge >= 0.3 is 6.03 Å². The van der Waals surface area contributed by atoms with Gasteiger partial charge in [0.1, 0.15) is 0 Å². The van der Waals surface area contributed by atoms with Gasteiger partial charge in [-0.1, -0.05) is 27.7 Å². The van der Waals surface area contributed by atoms with E-state index in [1.165, 1.54) is 0 Å². The van der Waals surface area contributed by atoms with E-state index in [-0.39, 0.29) is 23.4 Å². The van der Waals surface area contributed by atoms with Gasteiger partial charge in [0.25, 0.3) is 0 Å². The van der Waals surface area contributed by atoms with Crippen molar-refractivity contribution in [3.63, 3.8) is 0 Å². The van der Waals surface area contributed by atoms with E-state index < -0.39 is 0 Å². The first-order chi connectivity index (χ1) is 9.19. The van der Waals surface area contributed by atoms with Crippen molar-refractivity contribution < 1.29 is 9.59 Å². The van der Waals surface area contributed by atoms with Crippen LogP contribution in [0, 0.1) is 11.3 Å². The van der Waals surface area contributed by atoms with E-state index in [0.717, 1.165) is 12.8 Å². The number of rotatable bonds is 5. The zero-order valence-electron chi connectivity index (χ0n) is 13.5. The number of likely N-dealkylation sites (N-methyl/N-ethyl adjacent to an activating group) is 1. The van der Waals surface area contributed by atoms with E-state index >= 15 is 0 Å². The number of carbonyl (C=O) groups excluding carboxylic acids is 2. The molecule has 20 heavy (non-hydrogen) atoms. The first kappa shape index (κ1) is 16.8. The van der Waals surface area contributed by atoms with Crippen molar-refractivity contribution in [2.75, 3.05) is 20.1 Å². The Morgan fingerprint density at radius 3 is 2.65 bits per heavy atom. The molecule has 0 spiro atoms. The van der Waals surface area contributed by atoms with Crippen molar-refractivity contribution in [2.24, 2.45) is 11.3 Å². The Hall–Kier alpha value is -1.26. The van der Waals surface area contributed by atoms with Crippen molar-refractivity contribution in [1.82, 2.24) is 15.5 Å². The van der Waals surface area contributed by atoms with Gasteiger partial charge in [-0.15, -0.1) is 0 Å². The van der Waals surface area contributed by atoms with Crippen molar-refractivity contribution in [3.05, 3.63) is 0 Å². The van der Waals surface area contributed by atoms with Crippen LogP contribution in [0.3, 0.4) is 0 Å². The summed E-state index contributed by atoms with van der Waals surface area (Å²) in [6.07, 6.45) is 2.32. The molecular formula is C15H29N3O2. The summed E-state index contributed by atoms with van der Waals surface area (Å²) in [5.74, 6) is 0.773. The van der Waals surface area contributed by atoms with E-state index in [0.29, 0.717) is 25.4 Å². The lowest BCUT2D eigenvalue weighted by Gasteiger charge is -2.31. The van der Waals surface area contributed by atoms with E-state index in [1.54, 1.807) is 11.9 Å². The van der Waals surface area contributed by atoms with Gasteiger partial charge in [-0.2, -0.15) is 0 Å². The average Bonchev–Trinajstić information content (AvgIpc) is 2.30. The highest BCUT2D eigenvalue weighted by molar-refractivity contribution is 5.78. The zero-order valence-corrected chi connectivity index (χ0v) is 13.5. The van der Waals surface area contributed by atoms with Crippen LogP contribution >= 0.6 is 0 Å². The number of nitrogens with zero attached hydrogens (tertiary/aromatic N) is 1. The molecule has 1 saturated heterocycles. The van der Waals surface area contributed by atoms with Crippen LogP contribution in [0.1, 0.15) is 47.0 Å². The second-order valence-corrected chi connectivity index (χ2v) is 7.10. The smallest absolute Gasteiger partial charge is 0.315 e. The number of piperidine rings is 1. The lowest BCUT2D eigenvalue weighted by molar-refractivity contribution is -0.132. The minimum atomic E-state index is -0.130. The lowest BCUT2D eigenvalue weighted by atomic mass is 9.84. The Kier molecular flexibility index (Phi) is 5.84. The van der Waals surface area contributed by atoms with Gasteiger partial charge < -0.3 is 15.5 Å².